The summed E-state index contributed by atoms with van der Waals surface area (Å²) < 4.78 is 29.7. The Morgan fingerprint density at radius 3 is 1.13 bits per heavy atom. The third kappa shape index (κ3) is 24.9. The van der Waals surface area contributed by atoms with Crippen LogP contribution in [0.1, 0.15) is 111 Å². The fraction of sp³-hybridized carbons (Fsp3) is 1.00. The first-order valence-corrected chi connectivity index (χ1v) is 11.1. The first-order valence-electron chi connectivity index (χ1n) is 9.51. The molecule has 0 aliphatic heterocycles. The van der Waals surface area contributed by atoms with Gasteiger partial charge in [-0.25, -0.2) is 0 Å². The second-order valence-electron chi connectivity index (χ2n) is 6.59. The maximum absolute atomic E-state index is 10.5. The van der Waals surface area contributed by atoms with E-state index in [-0.39, 0.29) is 26.0 Å². The summed E-state index contributed by atoms with van der Waals surface area (Å²) in [6.45, 7) is 2.26. The first-order chi connectivity index (χ1) is 10.6. The molecule has 136 valence electrons. The summed E-state index contributed by atoms with van der Waals surface area (Å²) in [5.41, 5.74) is 0. The Kier molecular flexibility index (Phi) is 21.1. The predicted molar refractivity (Wildman–Crippen MR) is 97.1 cm³/mol. The summed E-state index contributed by atoms with van der Waals surface area (Å²) in [5, 5.41) is 0. The van der Waals surface area contributed by atoms with Crippen molar-refractivity contribution in [1.82, 2.24) is 0 Å². The Hall–Kier alpha value is 0.507. The number of rotatable bonds is 17. The van der Waals surface area contributed by atoms with Crippen LogP contribution in [0.5, 0.6) is 0 Å². The fourth-order valence-corrected chi connectivity index (χ4v) is 3.40. The van der Waals surface area contributed by atoms with E-state index in [2.05, 4.69) is 6.92 Å². The van der Waals surface area contributed by atoms with Gasteiger partial charge in [-0.05, 0) is 6.42 Å². The van der Waals surface area contributed by atoms with Gasteiger partial charge in [0.2, 0.25) is 0 Å². The largest absolute Gasteiger partial charge is 1.00 e. The van der Waals surface area contributed by atoms with Gasteiger partial charge in [-0.2, -0.15) is 8.42 Å². The van der Waals surface area contributed by atoms with Gasteiger partial charge in [0.15, 0.2) is 0 Å². The molecule has 1 N–H and O–H groups in total. The summed E-state index contributed by atoms with van der Waals surface area (Å²) in [6, 6.07) is 0. The molecule has 23 heavy (non-hydrogen) atoms. The summed E-state index contributed by atoms with van der Waals surface area (Å²) in [7, 11) is -3.74. The van der Waals surface area contributed by atoms with Crippen molar-refractivity contribution in [3.63, 3.8) is 0 Å². The zero-order chi connectivity index (χ0) is 16.5. The average molecular weight is 343 g/mol. The molecule has 0 bridgehead atoms. The molecule has 0 amide bonds. The van der Waals surface area contributed by atoms with Crippen molar-refractivity contribution in [3.8, 4) is 0 Å². The van der Waals surface area contributed by atoms with E-state index in [1.165, 1.54) is 83.5 Å². The van der Waals surface area contributed by atoms with Crippen LogP contribution in [0.25, 0.3) is 0 Å². The Labute approximate surface area is 158 Å². The molecule has 0 atom stereocenters. The van der Waals surface area contributed by atoms with Crippen LogP contribution >= 0.6 is 0 Å². The van der Waals surface area contributed by atoms with Crippen LogP contribution < -0.4 is 18.9 Å². The topological polar surface area (TPSA) is 54.4 Å². The zero-order valence-electron chi connectivity index (χ0n) is 16.7. The molecule has 0 radical (unpaired) electrons. The Bertz CT molecular complexity index is 324. The van der Waals surface area contributed by atoms with Crippen molar-refractivity contribution in [2.75, 3.05) is 5.75 Å². The minimum Gasteiger partial charge on any atom is -1.00 e. The molecule has 0 saturated heterocycles. The standard InChI is InChI=1S/C18H38O3S.Li.H/c1-2-3-4-5-6-7-8-9-10-11-12-13-14-15-16-17-18-22(19,20)21;;/h2-18H2,1H3,(H,19,20,21);;/q;+1;-1. The summed E-state index contributed by atoms with van der Waals surface area (Å²) in [6.07, 6.45) is 20.3. The molecule has 0 aromatic carbocycles. The quantitative estimate of drug-likeness (QED) is 0.251. The van der Waals surface area contributed by atoms with Crippen LogP contribution in [-0.4, -0.2) is 18.7 Å². The Morgan fingerprint density at radius 1 is 0.609 bits per heavy atom. The van der Waals surface area contributed by atoms with Crippen LogP contribution in [0.2, 0.25) is 0 Å². The molecule has 0 aromatic heterocycles. The molecule has 0 saturated carbocycles. The van der Waals surface area contributed by atoms with E-state index in [9.17, 15) is 8.42 Å². The van der Waals surface area contributed by atoms with Gasteiger partial charge in [-0.1, -0.05) is 103 Å². The van der Waals surface area contributed by atoms with E-state index in [1.807, 2.05) is 0 Å². The molecule has 0 rings (SSSR count). The summed E-state index contributed by atoms with van der Waals surface area (Å²) in [5.74, 6) is -0.0779. The van der Waals surface area contributed by atoms with Gasteiger partial charge in [0.25, 0.3) is 10.1 Å². The molecule has 0 aliphatic carbocycles. The molecule has 0 fully saturated rings. The molecule has 0 aromatic rings. The van der Waals surface area contributed by atoms with E-state index in [1.54, 1.807) is 0 Å². The van der Waals surface area contributed by atoms with Crippen LogP contribution in [0, 0.1) is 0 Å². The van der Waals surface area contributed by atoms with Crippen LogP contribution in [0.3, 0.4) is 0 Å². The third-order valence-electron chi connectivity index (χ3n) is 4.26. The van der Waals surface area contributed by atoms with Crippen LogP contribution in [-0.2, 0) is 10.1 Å². The van der Waals surface area contributed by atoms with Crippen molar-refractivity contribution in [2.24, 2.45) is 0 Å². The van der Waals surface area contributed by atoms with Crippen molar-refractivity contribution in [3.05, 3.63) is 0 Å². The zero-order valence-corrected chi connectivity index (χ0v) is 16.5. The minimum atomic E-state index is -3.74. The van der Waals surface area contributed by atoms with E-state index in [4.69, 9.17) is 4.55 Å². The van der Waals surface area contributed by atoms with E-state index in [0.717, 1.165) is 12.8 Å². The molecular weight excluding hydrogens is 303 g/mol. The Morgan fingerprint density at radius 2 is 0.870 bits per heavy atom. The predicted octanol–water partition coefficient (Wildman–Crippen LogP) is 3.25. The molecule has 0 unspecified atom stereocenters. The Balaban J connectivity index is -0.00000220. The molecule has 3 nitrogen and oxygen atoms in total. The van der Waals surface area contributed by atoms with Crippen molar-refractivity contribution in [1.29, 1.82) is 0 Å². The SMILES string of the molecule is CCCCCCCCCCCCCCCCCCS(=O)(=O)O.[H-].[Li+]. The maximum Gasteiger partial charge on any atom is 1.00 e. The summed E-state index contributed by atoms with van der Waals surface area (Å²) >= 11 is 0. The van der Waals surface area contributed by atoms with Gasteiger partial charge < -0.3 is 1.43 Å². The van der Waals surface area contributed by atoms with Crippen molar-refractivity contribution in [2.45, 2.75) is 110 Å². The van der Waals surface area contributed by atoms with Gasteiger partial charge in [-0.15, -0.1) is 0 Å². The first kappa shape index (κ1) is 25.7. The smallest absolute Gasteiger partial charge is 1.00 e. The van der Waals surface area contributed by atoms with E-state index in [0.29, 0.717) is 6.42 Å². The number of hydrogen-bond donors (Lipinski definition) is 1. The minimum absolute atomic E-state index is 0. The number of unbranched alkanes of at least 4 members (excludes halogenated alkanes) is 15. The fourth-order valence-electron chi connectivity index (χ4n) is 2.83. The molecular formula is C18H39LiO3S. The van der Waals surface area contributed by atoms with Gasteiger partial charge in [0, 0.05) is 0 Å². The second kappa shape index (κ2) is 18.8. The van der Waals surface area contributed by atoms with Crippen molar-refractivity contribution >= 4 is 10.1 Å². The average Bonchev–Trinajstić information content (AvgIpc) is 2.45. The van der Waals surface area contributed by atoms with Gasteiger partial charge in [-0.3, -0.25) is 4.55 Å². The molecule has 0 heterocycles. The van der Waals surface area contributed by atoms with Gasteiger partial charge in [0.1, 0.15) is 0 Å². The monoisotopic (exact) mass is 342 g/mol. The van der Waals surface area contributed by atoms with Crippen molar-refractivity contribution < 1.29 is 33.3 Å². The normalized spacial score (nSPS) is 11.4. The van der Waals surface area contributed by atoms with Gasteiger partial charge in [0.05, 0.1) is 5.75 Å². The molecule has 5 heteroatoms. The van der Waals surface area contributed by atoms with Gasteiger partial charge >= 0.3 is 18.9 Å². The third-order valence-corrected chi connectivity index (χ3v) is 5.06. The van der Waals surface area contributed by atoms with Crippen LogP contribution in [0.4, 0.5) is 0 Å². The molecule has 0 aliphatic rings. The van der Waals surface area contributed by atoms with E-state index < -0.39 is 10.1 Å². The van der Waals surface area contributed by atoms with E-state index >= 15 is 0 Å². The molecule has 0 spiro atoms. The van der Waals surface area contributed by atoms with Crippen LogP contribution in [0.15, 0.2) is 0 Å². The maximum atomic E-state index is 10.5. The number of hydrogen-bond acceptors (Lipinski definition) is 2. The second-order valence-corrected chi connectivity index (χ2v) is 8.16. The summed E-state index contributed by atoms with van der Waals surface area (Å²) in [4.78, 5) is 0.